The fraction of sp³-hybridized carbons (Fsp3) is 0.182. The van der Waals surface area contributed by atoms with Crippen LogP contribution in [0.5, 0.6) is 0 Å². The Kier molecular flexibility index (Phi) is 5.32. The standard InChI is InChI=1S/C22H22N2O2/c1-3-13-24-20(15-18-10-9-16(2)14-19(18)22(24)26)21(25)23-12-11-17-7-5-4-6-8-17/h3-10,14-15H,1,11-13H2,2H3,(H,23,25). The number of carbonyl (C=O) groups excluding carboxylic acids is 1. The predicted octanol–water partition coefficient (Wildman–Crippen LogP) is 3.47. The monoisotopic (exact) mass is 346 g/mol. The Labute approximate surface area is 152 Å². The number of aryl methyl sites for hydroxylation is 1. The van der Waals surface area contributed by atoms with Crippen LogP contribution in [0.15, 0.2) is 72.0 Å². The number of fused-ring (bicyclic) bond motifs is 1. The van der Waals surface area contributed by atoms with Crippen LogP contribution in [0.3, 0.4) is 0 Å². The van der Waals surface area contributed by atoms with Crippen molar-refractivity contribution in [3.63, 3.8) is 0 Å². The molecule has 1 amide bonds. The van der Waals surface area contributed by atoms with Crippen molar-refractivity contribution in [2.75, 3.05) is 6.54 Å². The SMILES string of the molecule is C=CCn1c(C(=O)NCCc2ccccc2)cc2ccc(C)cc2c1=O. The molecular formula is C22H22N2O2. The van der Waals surface area contributed by atoms with Gasteiger partial charge in [-0.15, -0.1) is 6.58 Å². The highest BCUT2D eigenvalue weighted by atomic mass is 16.2. The van der Waals surface area contributed by atoms with Crippen LogP contribution in [-0.4, -0.2) is 17.0 Å². The highest BCUT2D eigenvalue weighted by molar-refractivity contribution is 5.96. The topological polar surface area (TPSA) is 51.1 Å². The molecular weight excluding hydrogens is 324 g/mol. The summed E-state index contributed by atoms with van der Waals surface area (Å²) in [6.45, 7) is 6.46. The second-order valence-corrected chi connectivity index (χ2v) is 6.32. The summed E-state index contributed by atoms with van der Waals surface area (Å²) >= 11 is 0. The lowest BCUT2D eigenvalue weighted by Gasteiger charge is -2.13. The number of aromatic nitrogens is 1. The molecule has 1 N–H and O–H groups in total. The molecule has 1 heterocycles. The quantitative estimate of drug-likeness (QED) is 0.695. The Balaban J connectivity index is 1.88. The summed E-state index contributed by atoms with van der Waals surface area (Å²) in [6.07, 6.45) is 2.37. The van der Waals surface area contributed by atoms with Crippen molar-refractivity contribution in [1.29, 1.82) is 0 Å². The molecule has 0 spiro atoms. The Bertz CT molecular complexity index is 1000. The van der Waals surface area contributed by atoms with E-state index in [-0.39, 0.29) is 11.5 Å². The second-order valence-electron chi connectivity index (χ2n) is 6.32. The molecule has 0 saturated heterocycles. The lowest BCUT2D eigenvalue weighted by Crippen LogP contribution is -2.33. The van der Waals surface area contributed by atoms with Crippen LogP contribution in [-0.2, 0) is 13.0 Å². The molecule has 1 aromatic heterocycles. The van der Waals surface area contributed by atoms with E-state index in [1.165, 1.54) is 4.57 Å². The molecule has 26 heavy (non-hydrogen) atoms. The number of hydrogen-bond donors (Lipinski definition) is 1. The van der Waals surface area contributed by atoms with Gasteiger partial charge in [0.25, 0.3) is 11.5 Å². The summed E-state index contributed by atoms with van der Waals surface area (Å²) in [5.74, 6) is -0.248. The molecule has 0 aliphatic heterocycles. The van der Waals surface area contributed by atoms with E-state index in [0.29, 0.717) is 24.2 Å². The van der Waals surface area contributed by atoms with Crippen LogP contribution in [0.4, 0.5) is 0 Å². The normalized spacial score (nSPS) is 10.7. The third-order valence-electron chi connectivity index (χ3n) is 4.35. The van der Waals surface area contributed by atoms with Crippen molar-refractivity contribution in [2.24, 2.45) is 0 Å². The van der Waals surface area contributed by atoms with Gasteiger partial charge in [0.1, 0.15) is 5.69 Å². The third kappa shape index (κ3) is 3.75. The zero-order valence-electron chi connectivity index (χ0n) is 14.9. The first-order valence-electron chi connectivity index (χ1n) is 8.67. The first kappa shape index (κ1) is 17.7. The number of carbonyl (C=O) groups is 1. The number of benzene rings is 2. The first-order chi connectivity index (χ1) is 12.6. The van der Waals surface area contributed by atoms with Crippen molar-refractivity contribution < 1.29 is 4.79 Å². The minimum absolute atomic E-state index is 0.167. The molecule has 4 nitrogen and oxygen atoms in total. The molecule has 0 atom stereocenters. The average Bonchev–Trinajstić information content (AvgIpc) is 2.65. The first-order valence-corrected chi connectivity index (χ1v) is 8.67. The summed E-state index contributed by atoms with van der Waals surface area (Å²) in [6, 6.07) is 17.4. The van der Waals surface area contributed by atoms with Gasteiger partial charge in [-0.1, -0.05) is 54.1 Å². The summed E-state index contributed by atoms with van der Waals surface area (Å²) in [5, 5.41) is 4.31. The number of nitrogens with one attached hydrogen (secondary N) is 1. The summed E-state index contributed by atoms with van der Waals surface area (Å²) in [5.41, 5.74) is 2.36. The summed E-state index contributed by atoms with van der Waals surface area (Å²) in [7, 11) is 0. The number of pyridine rings is 1. The van der Waals surface area contributed by atoms with Crippen LogP contribution >= 0.6 is 0 Å². The van der Waals surface area contributed by atoms with E-state index in [1.807, 2.05) is 55.5 Å². The van der Waals surface area contributed by atoms with Crippen molar-refractivity contribution in [2.45, 2.75) is 19.9 Å². The Morgan fingerprint density at radius 3 is 2.65 bits per heavy atom. The molecule has 0 bridgehead atoms. The Hall–Kier alpha value is -3.14. The van der Waals surface area contributed by atoms with E-state index in [1.54, 1.807) is 12.1 Å². The van der Waals surface area contributed by atoms with E-state index in [4.69, 9.17) is 0 Å². The summed E-state index contributed by atoms with van der Waals surface area (Å²) in [4.78, 5) is 25.5. The largest absolute Gasteiger partial charge is 0.350 e. The van der Waals surface area contributed by atoms with Gasteiger partial charge in [0.15, 0.2) is 0 Å². The number of nitrogens with zero attached hydrogens (tertiary/aromatic N) is 1. The average molecular weight is 346 g/mol. The van der Waals surface area contributed by atoms with Crippen molar-refractivity contribution in [3.8, 4) is 0 Å². The van der Waals surface area contributed by atoms with Gasteiger partial charge in [-0.05, 0) is 36.4 Å². The van der Waals surface area contributed by atoms with E-state index < -0.39 is 0 Å². The molecule has 0 saturated carbocycles. The highest BCUT2D eigenvalue weighted by Gasteiger charge is 2.14. The zero-order valence-corrected chi connectivity index (χ0v) is 14.9. The molecule has 0 fully saturated rings. The lowest BCUT2D eigenvalue weighted by molar-refractivity contribution is 0.0944. The highest BCUT2D eigenvalue weighted by Crippen LogP contribution is 2.15. The third-order valence-corrected chi connectivity index (χ3v) is 4.35. The molecule has 132 valence electrons. The Morgan fingerprint density at radius 1 is 1.15 bits per heavy atom. The predicted molar refractivity (Wildman–Crippen MR) is 106 cm³/mol. The molecule has 0 aliphatic rings. The molecule has 3 aromatic rings. The maximum atomic E-state index is 12.8. The fourth-order valence-corrected chi connectivity index (χ4v) is 3.02. The minimum Gasteiger partial charge on any atom is -0.350 e. The van der Waals surface area contributed by atoms with Crippen molar-refractivity contribution in [1.82, 2.24) is 9.88 Å². The molecule has 0 radical (unpaired) electrons. The van der Waals surface area contributed by atoms with Gasteiger partial charge in [-0.25, -0.2) is 0 Å². The number of hydrogen-bond acceptors (Lipinski definition) is 2. The van der Waals surface area contributed by atoms with Gasteiger partial charge >= 0.3 is 0 Å². The number of rotatable bonds is 6. The van der Waals surface area contributed by atoms with Gasteiger partial charge in [-0.3, -0.25) is 14.2 Å². The van der Waals surface area contributed by atoms with Crippen molar-refractivity contribution >= 4 is 16.7 Å². The van der Waals surface area contributed by atoms with E-state index in [0.717, 1.165) is 22.9 Å². The molecule has 0 unspecified atom stereocenters. The van der Waals surface area contributed by atoms with Gasteiger partial charge in [0.2, 0.25) is 0 Å². The van der Waals surface area contributed by atoms with Crippen LogP contribution in [0.25, 0.3) is 10.8 Å². The van der Waals surface area contributed by atoms with E-state index in [2.05, 4.69) is 11.9 Å². The molecule has 0 aliphatic carbocycles. The lowest BCUT2D eigenvalue weighted by atomic mass is 10.1. The molecule has 3 rings (SSSR count). The van der Waals surface area contributed by atoms with Crippen LogP contribution < -0.4 is 10.9 Å². The Morgan fingerprint density at radius 2 is 1.92 bits per heavy atom. The minimum atomic E-state index is -0.248. The summed E-state index contributed by atoms with van der Waals surface area (Å²) < 4.78 is 1.48. The number of amides is 1. The maximum absolute atomic E-state index is 12.8. The number of allylic oxidation sites excluding steroid dienone is 1. The zero-order chi connectivity index (χ0) is 18.5. The molecule has 2 aromatic carbocycles. The molecule has 4 heteroatoms. The van der Waals surface area contributed by atoms with Gasteiger partial charge < -0.3 is 5.32 Å². The second kappa shape index (κ2) is 7.83. The fourth-order valence-electron chi connectivity index (χ4n) is 3.02. The smallest absolute Gasteiger partial charge is 0.268 e. The maximum Gasteiger partial charge on any atom is 0.268 e. The van der Waals surface area contributed by atoms with Crippen LogP contribution in [0.2, 0.25) is 0 Å². The van der Waals surface area contributed by atoms with Gasteiger partial charge in [0.05, 0.1) is 0 Å². The van der Waals surface area contributed by atoms with Crippen LogP contribution in [0.1, 0.15) is 21.6 Å². The van der Waals surface area contributed by atoms with E-state index >= 15 is 0 Å². The van der Waals surface area contributed by atoms with Gasteiger partial charge in [0, 0.05) is 18.5 Å². The van der Waals surface area contributed by atoms with Gasteiger partial charge in [-0.2, -0.15) is 0 Å². The van der Waals surface area contributed by atoms with Crippen molar-refractivity contribution in [3.05, 3.63) is 94.4 Å². The van der Waals surface area contributed by atoms with Crippen LogP contribution in [0, 0.1) is 6.92 Å². The van der Waals surface area contributed by atoms with E-state index in [9.17, 15) is 9.59 Å².